The van der Waals surface area contributed by atoms with Crippen LogP contribution in [-0.4, -0.2) is 65.2 Å². The van der Waals surface area contributed by atoms with Crippen LogP contribution in [-0.2, 0) is 14.3 Å². The van der Waals surface area contributed by atoms with Crippen LogP contribution < -0.4 is 5.32 Å². The molecule has 1 unspecified atom stereocenters. The van der Waals surface area contributed by atoms with Crippen LogP contribution in [0.15, 0.2) is 46.0 Å². The fraction of sp³-hybridized carbons (Fsp3) is 0.440. The second-order valence-electron chi connectivity index (χ2n) is 9.56. The number of carbonyl (C=O) groups excluding carboxylic acids is 1. The first kappa shape index (κ1) is 27.5. The summed E-state index contributed by atoms with van der Waals surface area (Å²) in [6.45, 7) is 3.83. The number of ether oxygens (including phenoxy) is 1. The van der Waals surface area contributed by atoms with E-state index in [1.54, 1.807) is 38.2 Å². The van der Waals surface area contributed by atoms with Crippen molar-refractivity contribution in [2.24, 2.45) is 10.4 Å². The Morgan fingerprint density at radius 1 is 1.35 bits per heavy atom. The van der Waals surface area contributed by atoms with Gasteiger partial charge in [-0.25, -0.2) is 14.2 Å². The number of aliphatic imine (C=N–C) groups is 1. The normalized spacial score (nSPS) is 23.5. The number of aromatic nitrogens is 1. The van der Waals surface area contributed by atoms with Gasteiger partial charge in [0.15, 0.2) is 10.8 Å². The predicted octanol–water partition coefficient (Wildman–Crippen LogP) is 4.88. The van der Waals surface area contributed by atoms with Gasteiger partial charge in [0.25, 0.3) is 0 Å². The number of methoxy groups -OCH3 is 1. The highest BCUT2D eigenvalue weighted by Gasteiger charge is 2.49. The molecular weight excluding hydrogens is 542 g/mol. The summed E-state index contributed by atoms with van der Waals surface area (Å²) in [6, 6.07) is 3.74. The minimum Gasteiger partial charge on any atom is -0.481 e. The van der Waals surface area contributed by atoms with E-state index in [0.29, 0.717) is 32.1 Å². The molecule has 2 aliphatic rings. The van der Waals surface area contributed by atoms with Gasteiger partial charge in [0.05, 0.1) is 12.7 Å². The van der Waals surface area contributed by atoms with E-state index in [1.807, 2.05) is 10.3 Å². The van der Waals surface area contributed by atoms with E-state index in [2.05, 4.69) is 10.3 Å². The summed E-state index contributed by atoms with van der Waals surface area (Å²) in [7, 11) is 1.28. The lowest BCUT2D eigenvalue weighted by molar-refractivity contribution is -0.138. The average molecular weight is 569 g/mol. The molecule has 8 nitrogen and oxygen atoms in total. The number of thiazole rings is 1. The van der Waals surface area contributed by atoms with Crippen molar-refractivity contribution in [1.29, 1.82) is 0 Å². The first-order valence-corrected chi connectivity index (χ1v) is 13.3. The number of alkyl halides is 1. The van der Waals surface area contributed by atoms with Gasteiger partial charge in [0.1, 0.15) is 12.2 Å². The molecular formula is C25H27Cl2FN4O4S. The minimum atomic E-state index is -1.18. The first-order valence-electron chi connectivity index (χ1n) is 11.6. The Morgan fingerprint density at radius 3 is 2.73 bits per heavy atom. The van der Waals surface area contributed by atoms with Crippen molar-refractivity contribution in [3.63, 3.8) is 0 Å². The van der Waals surface area contributed by atoms with Crippen LogP contribution in [0, 0.1) is 5.41 Å². The molecule has 2 aromatic rings. The van der Waals surface area contributed by atoms with Crippen molar-refractivity contribution in [2.75, 3.05) is 20.2 Å². The van der Waals surface area contributed by atoms with Crippen molar-refractivity contribution in [3.8, 4) is 0 Å². The quantitative estimate of drug-likeness (QED) is 0.437. The number of rotatable bonds is 8. The summed E-state index contributed by atoms with van der Waals surface area (Å²) in [5.74, 6) is -1.12. The maximum absolute atomic E-state index is 15.2. The van der Waals surface area contributed by atoms with Crippen LogP contribution in [0.5, 0.6) is 0 Å². The van der Waals surface area contributed by atoms with Crippen LogP contribution in [0.1, 0.15) is 43.3 Å². The van der Waals surface area contributed by atoms with Gasteiger partial charge in [-0.15, -0.1) is 11.3 Å². The van der Waals surface area contributed by atoms with E-state index < -0.39 is 29.6 Å². The molecule has 1 fully saturated rings. The summed E-state index contributed by atoms with van der Waals surface area (Å²) in [5, 5.41) is 15.7. The topological polar surface area (TPSA) is 104 Å². The van der Waals surface area contributed by atoms with Crippen LogP contribution in [0.4, 0.5) is 4.39 Å². The summed E-state index contributed by atoms with van der Waals surface area (Å²) in [5.41, 5.74) is 0.464. The molecule has 3 atom stereocenters. The smallest absolute Gasteiger partial charge is 0.338 e. The van der Waals surface area contributed by atoms with E-state index in [4.69, 9.17) is 32.9 Å². The fourth-order valence-corrected chi connectivity index (χ4v) is 6.01. The molecule has 198 valence electrons. The lowest BCUT2D eigenvalue weighted by Gasteiger charge is -2.35. The van der Waals surface area contributed by atoms with Gasteiger partial charge in [-0.1, -0.05) is 43.1 Å². The predicted molar refractivity (Wildman–Crippen MR) is 141 cm³/mol. The number of nitrogens with one attached hydrogen (secondary N) is 1. The van der Waals surface area contributed by atoms with Gasteiger partial charge in [0, 0.05) is 63.8 Å². The summed E-state index contributed by atoms with van der Waals surface area (Å²) >= 11 is 14.0. The second-order valence-corrected chi connectivity index (χ2v) is 11.3. The third-order valence-corrected chi connectivity index (χ3v) is 8.26. The molecule has 0 saturated carbocycles. The number of benzene rings is 1. The van der Waals surface area contributed by atoms with Crippen molar-refractivity contribution in [2.45, 2.75) is 44.9 Å². The van der Waals surface area contributed by atoms with E-state index >= 15 is 4.39 Å². The number of likely N-dealkylation sites (tertiary alicyclic amines) is 1. The zero-order valence-electron chi connectivity index (χ0n) is 20.5. The SMILES string of the molecule is COC(=O)C1=C(CN2CC(F)C(C)(C)[C@H]2CCC(=O)O)NC(c2nccs2)=N[C@H]1c1ccc(Cl)cc1Cl. The Kier molecular flexibility index (Phi) is 8.23. The molecule has 1 aromatic carbocycles. The van der Waals surface area contributed by atoms with Crippen molar-refractivity contribution in [3.05, 3.63) is 61.7 Å². The monoisotopic (exact) mass is 568 g/mol. The molecule has 2 N–H and O–H groups in total. The highest BCUT2D eigenvalue weighted by molar-refractivity contribution is 7.11. The van der Waals surface area contributed by atoms with Crippen molar-refractivity contribution in [1.82, 2.24) is 15.2 Å². The molecule has 0 spiro atoms. The number of carboxylic acid groups (broad SMARTS) is 1. The minimum absolute atomic E-state index is 0.0903. The molecule has 0 radical (unpaired) electrons. The molecule has 0 amide bonds. The van der Waals surface area contributed by atoms with E-state index in [-0.39, 0.29) is 37.5 Å². The average Bonchev–Trinajstić information content (AvgIpc) is 3.44. The number of carbonyl (C=O) groups is 2. The van der Waals surface area contributed by atoms with Crippen LogP contribution in [0.3, 0.4) is 0 Å². The molecule has 2 aliphatic heterocycles. The van der Waals surface area contributed by atoms with Crippen LogP contribution in [0.2, 0.25) is 10.0 Å². The number of hydrogen-bond donors (Lipinski definition) is 2. The van der Waals surface area contributed by atoms with Crippen molar-refractivity contribution < 1.29 is 23.8 Å². The molecule has 3 heterocycles. The third-order valence-electron chi connectivity index (χ3n) is 6.92. The number of hydrogen-bond acceptors (Lipinski definition) is 8. The van der Waals surface area contributed by atoms with Crippen molar-refractivity contribution >= 4 is 52.3 Å². The number of esters is 1. The highest BCUT2D eigenvalue weighted by atomic mass is 35.5. The van der Waals surface area contributed by atoms with Gasteiger partial charge in [0.2, 0.25) is 0 Å². The Labute approximate surface area is 228 Å². The third kappa shape index (κ3) is 5.67. The molecule has 12 heteroatoms. The molecule has 1 aromatic heterocycles. The number of amidine groups is 1. The number of nitrogens with zero attached hydrogens (tertiary/aromatic N) is 3. The van der Waals surface area contributed by atoms with Crippen LogP contribution in [0.25, 0.3) is 0 Å². The Morgan fingerprint density at radius 2 is 2.11 bits per heavy atom. The van der Waals surface area contributed by atoms with Gasteiger partial charge < -0.3 is 15.2 Å². The van der Waals surface area contributed by atoms with E-state index in [0.717, 1.165) is 0 Å². The van der Waals surface area contributed by atoms with Gasteiger partial charge in [-0.3, -0.25) is 14.7 Å². The van der Waals surface area contributed by atoms with E-state index in [9.17, 15) is 14.7 Å². The molecule has 0 aliphatic carbocycles. The fourth-order valence-electron chi connectivity index (χ4n) is 4.91. The number of halogens is 3. The Bertz CT molecular complexity index is 1250. The summed E-state index contributed by atoms with van der Waals surface area (Å²) in [4.78, 5) is 35.5. The summed E-state index contributed by atoms with van der Waals surface area (Å²) < 4.78 is 20.3. The lowest BCUT2D eigenvalue weighted by atomic mass is 9.81. The Hall–Kier alpha value is -2.53. The van der Waals surface area contributed by atoms with Gasteiger partial charge >= 0.3 is 11.9 Å². The summed E-state index contributed by atoms with van der Waals surface area (Å²) in [6.07, 6.45) is 0.642. The lowest BCUT2D eigenvalue weighted by Crippen LogP contribution is -2.43. The number of aliphatic carboxylic acids is 1. The zero-order valence-corrected chi connectivity index (χ0v) is 22.8. The molecule has 37 heavy (non-hydrogen) atoms. The van der Waals surface area contributed by atoms with Crippen LogP contribution >= 0.6 is 34.5 Å². The Balaban J connectivity index is 1.81. The molecule has 4 rings (SSSR count). The van der Waals surface area contributed by atoms with Gasteiger partial charge in [-0.2, -0.15) is 0 Å². The highest BCUT2D eigenvalue weighted by Crippen LogP contribution is 2.42. The maximum Gasteiger partial charge on any atom is 0.338 e. The largest absolute Gasteiger partial charge is 0.481 e. The molecule has 0 bridgehead atoms. The van der Waals surface area contributed by atoms with E-state index in [1.165, 1.54) is 18.4 Å². The molecule has 1 saturated heterocycles. The first-order chi connectivity index (χ1) is 17.5. The second kappa shape index (κ2) is 11.1. The maximum atomic E-state index is 15.2. The number of carboxylic acids is 1. The standard InChI is InChI=1S/C25H27Cl2FN4O4S/c1-25(2)17(28)12-32(18(25)6-7-19(33)34)11-16-20(24(35)36-3)21(14-5-4-13(26)10-15(14)27)31-22(30-16)23-29-8-9-37-23/h4-5,8-10,17-18,21H,6-7,11-12H2,1-3H3,(H,30,31)(H,33,34)/t17?,18-,21+/m1/s1. The van der Waals surface area contributed by atoms with Gasteiger partial charge in [-0.05, 0) is 18.6 Å². The zero-order chi connectivity index (χ0) is 26.9.